The van der Waals surface area contributed by atoms with Crippen LogP contribution in [0.3, 0.4) is 0 Å². The molecule has 0 aliphatic carbocycles. The van der Waals surface area contributed by atoms with E-state index in [0.29, 0.717) is 5.56 Å². The number of methoxy groups -OCH3 is 1. The molecule has 78 valence electrons. The molecule has 1 aromatic heterocycles. The summed E-state index contributed by atoms with van der Waals surface area (Å²) in [5, 5.41) is 0.852. The van der Waals surface area contributed by atoms with E-state index in [1.165, 1.54) is 0 Å². The first-order valence-electron chi connectivity index (χ1n) is 4.65. The molecular weight excluding hydrogens is 192 g/mol. The van der Waals surface area contributed by atoms with Crippen LogP contribution in [0.5, 0.6) is 5.75 Å². The fourth-order valence-corrected chi connectivity index (χ4v) is 1.64. The number of nitrogens with two attached hydrogens (primary N) is 1. The van der Waals surface area contributed by atoms with Crippen molar-refractivity contribution in [3.05, 3.63) is 30.0 Å². The lowest BCUT2D eigenvalue weighted by Crippen LogP contribution is -2.12. The van der Waals surface area contributed by atoms with Crippen molar-refractivity contribution in [1.82, 2.24) is 4.98 Å². The van der Waals surface area contributed by atoms with E-state index in [1.54, 1.807) is 13.3 Å². The number of aromatic nitrogens is 1. The zero-order valence-electron chi connectivity index (χ0n) is 8.41. The number of H-pyrrole nitrogens is 1. The monoisotopic (exact) mass is 204 g/mol. The van der Waals surface area contributed by atoms with Gasteiger partial charge in [-0.3, -0.25) is 4.79 Å². The first-order valence-corrected chi connectivity index (χ1v) is 4.65. The van der Waals surface area contributed by atoms with E-state index in [2.05, 4.69) is 4.98 Å². The van der Waals surface area contributed by atoms with Gasteiger partial charge < -0.3 is 15.5 Å². The third-order valence-corrected chi connectivity index (χ3v) is 2.38. The van der Waals surface area contributed by atoms with Gasteiger partial charge in [0.05, 0.1) is 19.2 Å². The minimum atomic E-state index is -0.0745. The van der Waals surface area contributed by atoms with Crippen LogP contribution >= 0.6 is 0 Å². The van der Waals surface area contributed by atoms with Crippen LogP contribution in [0.4, 0.5) is 0 Å². The second-order valence-corrected chi connectivity index (χ2v) is 3.21. The highest BCUT2D eigenvalue weighted by atomic mass is 16.5. The molecule has 4 heteroatoms. The standard InChI is InChI=1S/C11H12N2O2/c1-15-10-4-2-3-7-8(9(14)5-12)6-13-11(7)10/h2-4,6,13H,5,12H2,1H3. The second-order valence-electron chi connectivity index (χ2n) is 3.21. The average molecular weight is 204 g/mol. The number of ether oxygens (including phenoxy) is 1. The Morgan fingerprint density at radius 3 is 3.00 bits per heavy atom. The molecule has 0 bridgehead atoms. The molecule has 0 saturated carbocycles. The summed E-state index contributed by atoms with van der Waals surface area (Å²) < 4.78 is 5.18. The molecule has 4 nitrogen and oxygen atoms in total. The highest BCUT2D eigenvalue weighted by Gasteiger charge is 2.12. The summed E-state index contributed by atoms with van der Waals surface area (Å²) in [5.41, 5.74) is 6.78. The SMILES string of the molecule is COc1cccc2c(C(=O)CN)c[nH]c12. The number of ketones is 1. The van der Waals surface area contributed by atoms with E-state index < -0.39 is 0 Å². The molecule has 1 aromatic carbocycles. The molecule has 0 radical (unpaired) electrons. The summed E-state index contributed by atoms with van der Waals surface area (Å²) in [7, 11) is 1.60. The predicted molar refractivity (Wildman–Crippen MR) is 58.2 cm³/mol. The van der Waals surface area contributed by atoms with E-state index in [4.69, 9.17) is 10.5 Å². The number of Topliss-reactive ketones (excluding diaryl/α,β-unsaturated/α-hetero) is 1. The van der Waals surface area contributed by atoms with Crippen molar-refractivity contribution in [3.63, 3.8) is 0 Å². The summed E-state index contributed by atoms with van der Waals surface area (Å²) in [6.45, 7) is 0.0180. The maximum absolute atomic E-state index is 11.5. The van der Waals surface area contributed by atoms with Gasteiger partial charge in [0, 0.05) is 17.1 Å². The summed E-state index contributed by atoms with van der Waals surface area (Å²) in [6, 6.07) is 5.56. The van der Waals surface area contributed by atoms with Crippen molar-refractivity contribution in [2.45, 2.75) is 0 Å². The fourth-order valence-electron chi connectivity index (χ4n) is 1.64. The maximum atomic E-state index is 11.5. The van der Waals surface area contributed by atoms with Gasteiger partial charge in [-0.1, -0.05) is 12.1 Å². The van der Waals surface area contributed by atoms with Crippen molar-refractivity contribution in [3.8, 4) is 5.75 Å². The molecule has 0 atom stereocenters. The molecular formula is C11H12N2O2. The van der Waals surface area contributed by atoms with Crippen LogP contribution in [0.2, 0.25) is 0 Å². The quantitative estimate of drug-likeness (QED) is 0.741. The van der Waals surface area contributed by atoms with Gasteiger partial charge in [0.15, 0.2) is 5.78 Å². The number of para-hydroxylation sites is 1. The number of benzene rings is 1. The number of rotatable bonds is 3. The Kier molecular flexibility index (Phi) is 2.43. The first-order chi connectivity index (χ1) is 7.27. The molecule has 0 spiro atoms. The minimum Gasteiger partial charge on any atom is -0.495 e. The highest BCUT2D eigenvalue weighted by Crippen LogP contribution is 2.26. The Morgan fingerprint density at radius 2 is 2.33 bits per heavy atom. The first kappa shape index (κ1) is 9.73. The Hall–Kier alpha value is -1.81. The van der Waals surface area contributed by atoms with Crippen LogP contribution < -0.4 is 10.5 Å². The molecule has 0 unspecified atom stereocenters. The molecule has 15 heavy (non-hydrogen) atoms. The lowest BCUT2D eigenvalue weighted by atomic mass is 10.1. The van der Waals surface area contributed by atoms with E-state index in [0.717, 1.165) is 16.7 Å². The van der Waals surface area contributed by atoms with Crippen molar-refractivity contribution in [2.75, 3.05) is 13.7 Å². The molecule has 3 N–H and O–H groups in total. The lowest BCUT2D eigenvalue weighted by Gasteiger charge is -2.01. The van der Waals surface area contributed by atoms with Crippen LogP contribution in [0, 0.1) is 0 Å². The number of nitrogens with one attached hydrogen (secondary N) is 1. The summed E-state index contributed by atoms with van der Waals surface area (Å²) >= 11 is 0. The molecule has 0 amide bonds. The number of hydrogen-bond donors (Lipinski definition) is 2. The van der Waals surface area contributed by atoms with E-state index in [9.17, 15) is 4.79 Å². The maximum Gasteiger partial charge on any atom is 0.178 e. The van der Waals surface area contributed by atoms with Crippen LogP contribution in [-0.2, 0) is 0 Å². The van der Waals surface area contributed by atoms with E-state index in [1.807, 2.05) is 18.2 Å². The molecule has 1 heterocycles. The van der Waals surface area contributed by atoms with Crippen LogP contribution in [0.15, 0.2) is 24.4 Å². The fraction of sp³-hybridized carbons (Fsp3) is 0.182. The minimum absolute atomic E-state index is 0.0180. The van der Waals surface area contributed by atoms with Gasteiger partial charge in [0.25, 0.3) is 0 Å². The Morgan fingerprint density at radius 1 is 1.53 bits per heavy atom. The average Bonchev–Trinajstić information content (AvgIpc) is 2.71. The number of carbonyl (C=O) groups excluding carboxylic acids is 1. The summed E-state index contributed by atoms with van der Waals surface area (Å²) in [4.78, 5) is 14.5. The number of aromatic amines is 1. The van der Waals surface area contributed by atoms with Crippen LogP contribution in [-0.4, -0.2) is 24.4 Å². The third-order valence-electron chi connectivity index (χ3n) is 2.38. The Bertz CT molecular complexity index is 502. The molecule has 0 saturated heterocycles. The van der Waals surface area contributed by atoms with Gasteiger partial charge in [-0.2, -0.15) is 0 Å². The molecule has 0 aliphatic heterocycles. The van der Waals surface area contributed by atoms with Gasteiger partial charge in [-0.25, -0.2) is 0 Å². The van der Waals surface area contributed by atoms with Gasteiger partial charge in [-0.05, 0) is 6.07 Å². The van der Waals surface area contributed by atoms with Gasteiger partial charge in [0.1, 0.15) is 5.75 Å². The summed E-state index contributed by atoms with van der Waals surface area (Å²) in [6.07, 6.45) is 1.67. The Labute approximate surface area is 87.0 Å². The van der Waals surface area contributed by atoms with Crippen LogP contribution in [0.25, 0.3) is 10.9 Å². The van der Waals surface area contributed by atoms with E-state index >= 15 is 0 Å². The Balaban J connectivity index is 2.66. The molecule has 2 rings (SSSR count). The predicted octanol–water partition coefficient (Wildman–Crippen LogP) is 1.32. The molecule has 2 aromatic rings. The number of fused-ring (bicyclic) bond motifs is 1. The smallest absolute Gasteiger partial charge is 0.178 e. The van der Waals surface area contributed by atoms with Crippen molar-refractivity contribution in [1.29, 1.82) is 0 Å². The topological polar surface area (TPSA) is 68.1 Å². The van der Waals surface area contributed by atoms with Crippen molar-refractivity contribution < 1.29 is 9.53 Å². The molecule has 0 aliphatic rings. The zero-order chi connectivity index (χ0) is 10.8. The summed E-state index contributed by atoms with van der Waals surface area (Å²) in [5.74, 6) is 0.651. The lowest BCUT2D eigenvalue weighted by molar-refractivity contribution is 0.100. The highest BCUT2D eigenvalue weighted by molar-refractivity contribution is 6.09. The van der Waals surface area contributed by atoms with Crippen LogP contribution in [0.1, 0.15) is 10.4 Å². The number of carbonyl (C=O) groups is 1. The van der Waals surface area contributed by atoms with Crippen molar-refractivity contribution in [2.24, 2.45) is 5.73 Å². The van der Waals surface area contributed by atoms with Crippen molar-refractivity contribution >= 4 is 16.7 Å². The van der Waals surface area contributed by atoms with E-state index in [-0.39, 0.29) is 12.3 Å². The van der Waals surface area contributed by atoms with Gasteiger partial charge in [0.2, 0.25) is 0 Å². The third kappa shape index (κ3) is 1.49. The zero-order valence-corrected chi connectivity index (χ0v) is 8.41. The largest absolute Gasteiger partial charge is 0.495 e. The number of hydrogen-bond acceptors (Lipinski definition) is 3. The van der Waals surface area contributed by atoms with Gasteiger partial charge >= 0.3 is 0 Å². The molecule has 0 fully saturated rings. The van der Waals surface area contributed by atoms with Gasteiger partial charge in [-0.15, -0.1) is 0 Å². The normalized spacial score (nSPS) is 10.5. The second kappa shape index (κ2) is 3.74.